The van der Waals surface area contributed by atoms with E-state index in [4.69, 9.17) is 11.6 Å². The van der Waals surface area contributed by atoms with E-state index >= 15 is 0 Å². The molecule has 1 N–H and O–H groups in total. The minimum Gasteiger partial charge on any atom is -0.354 e. The average Bonchev–Trinajstić information content (AvgIpc) is 2.75. The summed E-state index contributed by atoms with van der Waals surface area (Å²) in [6, 6.07) is 7.90. The molecule has 0 saturated carbocycles. The Kier molecular flexibility index (Phi) is 3.80. The van der Waals surface area contributed by atoms with Gasteiger partial charge in [0.2, 0.25) is 5.95 Å². The molecule has 0 spiro atoms. The summed E-state index contributed by atoms with van der Waals surface area (Å²) in [6.07, 6.45) is 4.83. The van der Waals surface area contributed by atoms with Crippen molar-refractivity contribution in [3.8, 4) is 0 Å². The van der Waals surface area contributed by atoms with E-state index in [0.29, 0.717) is 5.95 Å². The van der Waals surface area contributed by atoms with Crippen molar-refractivity contribution in [2.75, 3.05) is 11.9 Å². The SMILES string of the molecule is Cc1ccnc(NCCc2cn(C)c3cc(Cl)ccc23)n1. The van der Waals surface area contributed by atoms with Crippen LogP contribution in [0.2, 0.25) is 5.02 Å². The predicted octanol–water partition coefficient (Wildman–Crippen LogP) is 3.58. The summed E-state index contributed by atoms with van der Waals surface area (Å²) in [5.41, 5.74) is 3.42. The molecule has 0 unspecified atom stereocenters. The van der Waals surface area contributed by atoms with E-state index in [1.807, 2.05) is 32.2 Å². The fraction of sp³-hybridized carbons (Fsp3) is 0.250. The van der Waals surface area contributed by atoms with Crippen LogP contribution in [0.25, 0.3) is 10.9 Å². The van der Waals surface area contributed by atoms with Gasteiger partial charge >= 0.3 is 0 Å². The van der Waals surface area contributed by atoms with Crippen LogP contribution in [0.4, 0.5) is 5.95 Å². The van der Waals surface area contributed by atoms with Gasteiger partial charge in [-0.05, 0) is 37.1 Å². The van der Waals surface area contributed by atoms with Crippen molar-refractivity contribution in [2.45, 2.75) is 13.3 Å². The fourth-order valence-electron chi connectivity index (χ4n) is 2.48. The maximum absolute atomic E-state index is 6.06. The minimum atomic E-state index is 0.679. The Morgan fingerprint density at radius 1 is 1.29 bits per heavy atom. The second kappa shape index (κ2) is 5.74. The molecule has 0 radical (unpaired) electrons. The number of rotatable bonds is 4. The molecule has 21 heavy (non-hydrogen) atoms. The van der Waals surface area contributed by atoms with Gasteiger partial charge < -0.3 is 9.88 Å². The first kappa shape index (κ1) is 13.9. The van der Waals surface area contributed by atoms with Crippen LogP contribution in [0.1, 0.15) is 11.3 Å². The molecule has 108 valence electrons. The molecular formula is C16H17ClN4. The van der Waals surface area contributed by atoms with Crippen LogP contribution in [-0.2, 0) is 13.5 Å². The smallest absolute Gasteiger partial charge is 0.222 e. The Morgan fingerprint density at radius 3 is 2.95 bits per heavy atom. The molecule has 2 heterocycles. The van der Waals surface area contributed by atoms with Crippen molar-refractivity contribution in [1.29, 1.82) is 0 Å². The van der Waals surface area contributed by atoms with E-state index in [0.717, 1.165) is 29.2 Å². The van der Waals surface area contributed by atoms with Crippen LogP contribution in [0.3, 0.4) is 0 Å². The number of anilines is 1. The lowest BCUT2D eigenvalue weighted by molar-refractivity contribution is 0.935. The normalized spacial score (nSPS) is 11.0. The zero-order valence-corrected chi connectivity index (χ0v) is 12.9. The largest absolute Gasteiger partial charge is 0.354 e. The van der Waals surface area contributed by atoms with Crippen molar-refractivity contribution in [3.63, 3.8) is 0 Å². The van der Waals surface area contributed by atoms with Crippen LogP contribution >= 0.6 is 11.6 Å². The molecule has 0 atom stereocenters. The van der Waals surface area contributed by atoms with Crippen molar-refractivity contribution < 1.29 is 0 Å². The Balaban J connectivity index is 1.74. The molecular weight excluding hydrogens is 284 g/mol. The second-order valence-corrected chi connectivity index (χ2v) is 5.56. The first-order valence-corrected chi connectivity index (χ1v) is 7.28. The maximum Gasteiger partial charge on any atom is 0.222 e. The van der Waals surface area contributed by atoms with Crippen molar-refractivity contribution in [1.82, 2.24) is 14.5 Å². The van der Waals surface area contributed by atoms with Crippen molar-refractivity contribution >= 4 is 28.5 Å². The molecule has 5 heteroatoms. The van der Waals surface area contributed by atoms with Crippen molar-refractivity contribution in [3.05, 3.63) is 52.9 Å². The summed E-state index contributed by atoms with van der Waals surface area (Å²) in [5.74, 6) is 0.679. The lowest BCUT2D eigenvalue weighted by atomic mass is 10.1. The number of fused-ring (bicyclic) bond motifs is 1. The molecule has 3 aromatic rings. The summed E-state index contributed by atoms with van der Waals surface area (Å²) in [5, 5.41) is 5.27. The zero-order valence-electron chi connectivity index (χ0n) is 12.1. The highest BCUT2D eigenvalue weighted by Gasteiger charge is 2.07. The van der Waals surface area contributed by atoms with Gasteiger partial charge in [-0.3, -0.25) is 0 Å². The maximum atomic E-state index is 6.06. The van der Waals surface area contributed by atoms with Crippen LogP contribution in [0, 0.1) is 6.92 Å². The third-order valence-corrected chi connectivity index (χ3v) is 3.74. The van der Waals surface area contributed by atoms with Crippen LogP contribution < -0.4 is 5.32 Å². The molecule has 1 aromatic carbocycles. The quantitative estimate of drug-likeness (QED) is 0.801. The minimum absolute atomic E-state index is 0.679. The van der Waals surface area contributed by atoms with Gasteiger partial charge in [-0.1, -0.05) is 17.7 Å². The summed E-state index contributed by atoms with van der Waals surface area (Å²) in [7, 11) is 2.04. The summed E-state index contributed by atoms with van der Waals surface area (Å²) in [6.45, 7) is 2.76. The van der Waals surface area contributed by atoms with E-state index in [9.17, 15) is 0 Å². The van der Waals surface area contributed by atoms with Gasteiger partial charge in [0.15, 0.2) is 0 Å². The second-order valence-electron chi connectivity index (χ2n) is 5.13. The lowest BCUT2D eigenvalue weighted by Gasteiger charge is -2.04. The summed E-state index contributed by atoms with van der Waals surface area (Å²) < 4.78 is 2.11. The topological polar surface area (TPSA) is 42.7 Å². The highest BCUT2D eigenvalue weighted by atomic mass is 35.5. The monoisotopic (exact) mass is 300 g/mol. The van der Waals surface area contributed by atoms with Gasteiger partial charge in [0.1, 0.15) is 0 Å². The fourth-order valence-corrected chi connectivity index (χ4v) is 2.65. The highest BCUT2D eigenvalue weighted by molar-refractivity contribution is 6.31. The van der Waals surface area contributed by atoms with Crippen LogP contribution in [0.5, 0.6) is 0 Å². The van der Waals surface area contributed by atoms with E-state index in [1.165, 1.54) is 10.9 Å². The van der Waals surface area contributed by atoms with Gasteiger partial charge in [0.05, 0.1) is 0 Å². The van der Waals surface area contributed by atoms with Crippen molar-refractivity contribution in [2.24, 2.45) is 7.05 Å². The number of nitrogens with zero attached hydrogens (tertiary/aromatic N) is 3. The lowest BCUT2D eigenvalue weighted by Crippen LogP contribution is -2.08. The molecule has 0 amide bonds. The number of hydrogen-bond donors (Lipinski definition) is 1. The average molecular weight is 301 g/mol. The van der Waals surface area contributed by atoms with Gasteiger partial charge in [0, 0.05) is 47.6 Å². The molecule has 0 fully saturated rings. The standard InChI is InChI=1S/C16H17ClN4/c1-11-5-7-18-16(20-11)19-8-6-12-10-21(2)15-9-13(17)3-4-14(12)15/h3-5,7,9-10H,6,8H2,1-2H3,(H,18,19,20). The number of nitrogens with one attached hydrogen (secondary N) is 1. The number of benzene rings is 1. The number of halogens is 1. The number of aryl methyl sites for hydroxylation is 2. The molecule has 0 aliphatic carbocycles. The zero-order chi connectivity index (χ0) is 14.8. The van der Waals surface area contributed by atoms with E-state index in [1.54, 1.807) is 6.20 Å². The highest BCUT2D eigenvalue weighted by Crippen LogP contribution is 2.24. The Bertz CT molecular complexity index is 779. The van der Waals surface area contributed by atoms with Crippen LogP contribution in [-0.4, -0.2) is 21.1 Å². The predicted molar refractivity (Wildman–Crippen MR) is 86.9 cm³/mol. The molecule has 4 nitrogen and oxygen atoms in total. The Hall–Kier alpha value is -2.07. The third-order valence-electron chi connectivity index (χ3n) is 3.51. The summed E-state index contributed by atoms with van der Waals surface area (Å²) >= 11 is 6.06. The van der Waals surface area contributed by atoms with E-state index < -0.39 is 0 Å². The third kappa shape index (κ3) is 3.00. The first-order valence-electron chi connectivity index (χ1n) is 6.90. The first-order chi connectivity index (χ1) is 10.1. The molecule has 0 aliphatic heterocycles. The number of aromatic nitrogens is 3. The van der Waals surface area contributed by atoms with Gasteiger partial charge in [-0.25, -0.2) is 9.97 Å². The molecule has 2 aromatic heterocycles. The Morgan fingerprint density at radius 2 is 2.14 bits per heavy atom. The molecule has 0 aliphatic rings. The molecule has 0 bridgehead atoms. The van der Waals surface area contributed by atoms with Crippen LogP contribution in [0.15, 0.2) is 36.7 Å². The van der Waals surface area contributed by atoms with Gasteiger partial charge in [-0.15, -0.1) is 0 Å². The molecule has 0 saturated heterocycles. The Labute approximate surface area is 128 Å². The van der Waals surface area contributed by atoms with E-state index in [-0.39, 0.29) is 0 Å². The molecule has 3 rings (SSSR count). The van der Waals surface area contributed by atoms with Gasteiger partial charge in [-0.2, -0.15) is 0 Å². The number of hydrogen-bond acceptors (Lipinski definition) is 3. The summed E-state index contributed by atoms with van der Waals surface area (Å²) in [4.78, 5) is 8.54. The van der Waals surface area contributed by atoms with E-state index in [2.05, 4.69) is 32.1 Å². The van der Waals surface area contributed by atoms with Gasteiger partial charge in [0.25, 0.3) is 0 Å².